The van der Waals surface area contributed by atoms with Crippen LogP contribution in [0, 0.1) is 5.82 Å². The van der Waals surface area contributed by atoms with Crippen LogP contribution in [-0.4, -0.2) is 11.1 Å². The molecule has 0 saturated carbocycles. The van der Waals surface area contributed by atoms with Crippen molar-refractivity contribution < 1.29 is 14.3 Å². The normalized spacial score (nSPS) is 20.6. The minimum Gasteiger partial charge on any atom is -0.479 e. The molecule has 1 aliphatic rings. The number of nitrogens with one attached hydrogen (secondary N) is 1. The Labute approximate surface area is 122 Å². The first-order chi connectivity index (χ1) is 10.1. The van der Waals surface area contributed by atoms with Crippen LogP contribution in [0.2, 0.25) is 0 Å². The van der Waals surface area contributed by atoms with Crippen molar-refractivity contribution in [2.24, 2.45) is 0 Å². The molecule has 108 valence electrons. The molecule has 0 amide bonds. The number of aryl methyl sites for hydroxylation is 1. The summed E-state index contributed by atoms with van der Waals surface area (Å²) in [5, 5.41) is 12.9. The summed E-state index contributed by atoms with van der Waals surface area (Å²) in [5.41, 5.74) is 1.10. The third-order valence-corrected chi connectivity index (χ3v) is 4.02. The molecule has 0 fully saturated rings. The van der Waals surface area contributed by atoms with Gasteiger partial charge in [-0.3, -0.25) is 0 Å². The van der Waals surface area contributed by atoms with Crippen LogP contribution in [0.3, 0.4) is 0 Å². The summed E-state index contributed by atoms with van der Waals surface area (Å²) in [7, 11) is 0. The van der Waals surface area contributed by atoms with Gasteiger partial charge in [-0.2, -0.15) is 0 Å². The van der Waals surface area contributed by atoms with Crippen LogP contribution in [0.25, 0.3) is 0 Å². The van der Waals surface area contributed by atoms with Crippen molar-refractivity contribution in [3.05, 3.63) is 65.5 Å². The molecule has 3 rings (SSSR count). The van der Waals surface area contributed by atoms with Gasteiger partial charge in [-0.1, -0.05) is 30.3 Å². The Hall–Kier alpha value is -2.36. The van der Waals surface area contributed by atoms with E-state index in [9.17, 15) is 14.3 Å². The summed E-state index contributed by atoms with van der Waals surface area (Å²) >= 11 is 0. The van der Waals surface area contributed by atoms with Crippen LogP contribution < -0.4 is 5.32 Å². The van der Waals surface area contributed by atoms with Gasteiger partial charge in [0.1, 0.15) is 5.82 Å². The number of benzene rings is 2. The number of carboxylic acids is 1. The molecule has 0 spiro atoms. The number of hydrogen-bond acceptors (Lipinski definition) is 2. The van der Waals surface area contributed by atoms with Crippen LogP contribution in [0.15, 0.2) is 48.5 Å². The number of anilines is 1. The fourth-order valence-corrected chi connectivity index (χ4v) is 3.05. The van der Waals surface area contributed by atoms with Crippen LogP contribution in [0.1, 0.15) is 24.0 Å². The molecule has 1 aliphatic carbocycles. The van der Waals surface area contributed by atoms with E-state index in [1.807, 2.05) is 24.3 Å². The second-order valence-electron chi connectivity index (χ2n) is 5.36. The number of aliphatic carboxylic acids is 1. The maximum absolute atomic E-state index is 13.4. The molecule has 1 atom stereocenters. The van der Waals surface area contributed by atoms with Crippen molar-refractivity contribution in [3.63, 3.8) is 0 Å². The lowest BCUT2D eigenvalue weighted by molar-refractivity contribution is -0.143. The SMILES string of the molecule is O=C(O)C1(Nc2cccc(F)c2)CCCc2ccccc21. The molecule has 0 bridgehead atoms. The Morgan fingerprint density at radius 3 is 2.76 bits per heavy atom. The summed E-state index contributed by atoms with van der Waals surface area (Å²) in [5.74, 6) is -1.32. The van der Waals surface area contributed by atoms with E-state index in [1.54, 1.807) is 12.1 Å². The number of halogens is 1. The van der Waals surface area contributed by atoms with Crippen LogP contribution >= 0.6 is 0 Å². The van der Waals surface area contributed by atoms with E-state index in [4.69, 9.17) is 0 Å². The first-order valence-corrected chi connectivity index (χ1v) is 6.97. The molecular weight excluding hydrogens is 269 g/mol. The summed E-state index contributed by atoms with van der Waals surface area (Å²) in [6.07, 6.45) is 2.14. The highest BCUT2D eigenvalue weighted by atomic mass is 19.1. The fraction of sp³-hybridized carbons (Fsp3) is 0.235. The van der Waals surface area contributed by atoms with Crippen LogP contribution in [0.4, 0.5) is 10.1 Å². The molecular formula is C17H16FNO2. The zero-order chi connectivity index (χ0) is 14.9. The quantitative estimate of drug-likeness (QED) is 0.906. The number of fused-ring (bicyclic) bond motifs is 1. The van der Waals surface area contributed by atoms with Crippen molar-refractivity contribution in [2.45, 2.75) is 24.8 Å². The van der Waals surface area contributed by atoms with Gasteiger partial charge >= 0.3 is 5.97 Å². The van der Waals surface area contributed by atoms with E-state index < -0.39 is 11.5 Å². The summed E-state index contributed by atoms with van der Waals surface area (Å²) in [6.45, 7) is 0. The van der Waals surface area contributed by atoms with Gasteiger partial charge < -0.3 is 10.4 Å². The second kappa shape index (κ2) is 5.20. The number of carboxylic acid groups (broad SMARTS) is 1. The molecule has 0 radical (unpaired) electrons. The van der Waals surface area contributed by atoms with E-state index in [1.165, 1.54) is 12.1 Å². The highest BCUT2D eigenvalue weighted by Crippen LogP contribution is 2.38. The average molecular weight is 285 g/mol. The van der Waals surface area contributed by atoms with Crippen molar-refractivity contribution in [3.8, 4) is 0 Å². The topological polar surface area (TPSA) is 49.3 Å². The molecule has 4 heteroatoms. The summed E-state index contributed by atoms with van der Waals surface area (Å²) in [6, 6.07) is 13.5. The molecule has 3 nitrogen and oxygen atoms in total. The Balaban J connectivity index is 2.08. The summed E-state index contributed by atoms with van der Waals surface area (Å²) in [4.78, 5) is 12.0. The molecule has 21 heavy (non-hydrogen) atoms. The average Bonchev–Trinajstić information content (AvgIpc) is 2.47. The van der Waals surface area contributed by atoms with Gasteiger partial charge in [0, 0.05) is 5.69 Å². The minimum atomic E-state index is -1.19. The predicted molar refractivity (Wildman–Crippen MR) is 78.7 cm³/mol. The van der Waals surface area contributed by atoms with Gasteiger partial charge in [-0.15, -0.1) is 0 Å². The van der Waals surface area contributed by atoms with Crippen LogP contribution in [0.5, 0.6) is 0 Å². The Morgan fingerprint density at radius 2 is 2.00 bits per heavy atom. The van der Waals surface area contributed by atoms with Crippen LogP contribution in [-0.2, 0) is 16.8 Å². The summed E-state index contributed by atoms with van der Waals surface area (Å²) < 4.78 is 13.4. The van der Waals surface area contributed by atoms with E-state index in [0.29, 0.717) is 12.1 Å². The number of rotatable bonds is 3. The van der Waals surface area contributed by atoms with Crippen molar-refractivity contribution in [1.29, 1.82) is 0 Å². The van der Waals surface area contributed by atoms with E-state index >= 15 is 0 Å². The lowest BCUT2D eigenvalue weighted by atomic mass is 9.76. The molecule has 2 aromatic rings. The zero-order valence-corrected chi connectivity index (χ0v) is 11.5. The lowest BCUT2D eigenvalue weighted by Gasteiger charge is -2.37. The van der Waals surface area contributed by atoms with Gasteiger partial charge in [0.25, 0.3) is 0 Å². The van der Waals surface area contributed by atoms with Gasteiger partial charge in [-0.05, 0) is 48.6 Å². The lowest BCUT2D eigenvalue weighted by Crippen LogP contribution is -2.46. The first-order valence-electron chi connectivity index (χ1n) is 6.97. The minimum absolute atomic E-state index is 0.385. The highest BCUT2D eigenvalue weighted by molar-refractivity contribution is 5.85. The Morgan fingerprint density at radius 1 is 1.19 bits per heavy atom. The Bertz CT molecular complexity index is 686. The van der Waals surface area contributed by atoms with Gasteiger partial charge in [-0.25, -0.2) is 9.18 Å². The molecule has 0 aliphatic heterocycles. The van der Waals surface area contributed by atoms with E-state index in [-0.39, 0.29) is 5.82 Å². The molecule has 1 unspecified atom stereocenters. The number of hydrogen-bond donors (Lipinski definition) is 2. The van der Waals surface area contributed by atoms with E-state index in [0.717, 1.165) is 24.0 Å². The molecule has 0 saturated heterocycles. The largest absolute Gasteiger partial charge is 0.479 e. The monoisotopic (exact) mass is 285 g/mol. The first kappa shape index (κ1) is 13.6. The maximum atomic E-state index is 13.4. The molecule has 2 N–H and O–H groups in total. The molecule has 0 heterocycles. The molecule has 2 aromatic carbocycles. The van der Waals surface area contributed by atoms with Gasteiger partial charge in [0.05, 0.1) is 0 Å². The van der Waals surface area contributed by atoms with E-state index in [2.05, 4.69) is 5.32 Å². The molecule has 0 aromatic heterocycles. The van der Waals surface area contributed by atoms with Crippen molar-refractivity contribution >= 4 is 11.7 Å². The second-order valence-corrected chi connectivity index (χ2v) is 5.36. The number of carbonyl (C=O) groups is 1. The third-order valence-electron chi connectivity index (χ3n) is 4.02. The zero-order valence-electron chi connectivity index (χ0n) is 11.5. The fourth-order valence-electron chi connectivity index (χ4n) is 3.05. The van der Waals surface area contributed by atoms with Gasteiger partial charge in [0.15, 0.2) is 5.54 Å². The Kier molecular flexibility index (Phi) is 3.37. The predicted octanol–water partition coefficient (Wildman–Crippen LogP) is 3.55. The standard InChI is InChI=1S/C17H16FNO2/c18-13-7-3-8-14(11-13)19-17(16(20)21)10-4-6-12-5-1-2-9-15(12)17/h1-3,5,7-9,11,19H,4,6,10H2,(H,20,21). The highest BCUT2D eigenvalue weighted by Gasteiger charge is 2.43. The maximum Gasteiger partial charge on any atom is 0.334 e. The van der Waals surface area contributed by atoms with Crippen molar-refractivity contribution in [1.82, 2.24) is 0 Å². The van der Waals surface area contributed by atoms with Gasteiger partial charge in [0.2, 0.25) is 0 Å². The smallest absolute Gasteiger partial charge is 0.334 e. The third kappa shape index (κ3) is 2.37. The van der Waals surface area contributed by atoms with Crippen molar-refractivity contribution in [2.75, 3.05) is 5.32 Å².